The second-order valence-electron chi connectivity index (χ2n) is 5.73. The van der Waals surface area contributed by atoms with Crippen LogP contribution < -0.4 is 0 Å². The number of fused-ring (bicyclic) bond motifs is 2. The zero-order valence-electron chi connectivity index (χ0n) is 10.2. The summed E-state index contributed by atoms with van der Waals surface area (Å²) < 4.78 is 5.40. The van der Waals surface area contributed by atoms with E-state index < -0.39 is 5.60 Å². The number of rotatable bonds is 0. The minimum atomic E-state index is -0.446. The van der Waals surface area contributed by atoms with Crippen LogP contribution in [-0.2, 0) is 4.74 Å². The molecular weight excluding hydrogens is 202 g/mol. The maximum atomic E-state index is 12.0. The number of carbonyl (C=O) groups excluding carboxylic acids is 1. The lowest BCUT2D eigenvalue weighted by molar-refractivity contribution is 0.0135. The summed E-state index contributed by atoms with van der Waals surface area (Å²) in [4.78, 5) is 13.8. The summed E-state index contributed by atoms with van der Waals surface area (Å²) in [5, 5.41) is 0. The van der Waals surface area contributed by atoms with E-state index in [1.165, 1.54) is 0 Å². The van der Waals surface area contributed by atoms with Gasteiger partial charge in [-0.1, -0.05) is 5.92 Å². The predicted molar refractivity (Wildman–Crippen MR) is 61.8 cm³/mol. The summed E-state index contributed by atoms with van der Waals surface area (Å²) in [6.45, 7) is 5.64. The van der Waals surface area contributed by atoms with Crippen LogP contribution in [0.2, 0.25) is 0 Å². The summed E-state index contributed by atoms with van der Waals surface area (Å²) >= 11 is 0. The second kappa shape index (κ2) is 3.69. The number of amides is 1. The Hall–Kier alpha value is -1.17. The molecule has 3 atom stereocenters. The van der Waals surface area contributed by atoms with Crippen LogP contribution in [0, 0.1) is 18.3 Å². The van der Waals surface area contributed by atoms with Crippen molar-refractivity contribution in [1.82, 2.24) is 4.90 Å². The molecule has 3 nitrogen and oxygen atoms in total. The average molecular weight is 221 g/mol. The average Bonchev–Trinajstić information content (AvgIpc) is 2.72. The number of likely N-dealkylation sites (tertiary alicyclic amines) is 1. The Labute approximate surface area is 97.1 Å². The van der Waals surface area contributed by atoms with Crippen LogP contribution >= 0.6 is 0 Å². The molecule has 1 unspecified atom stereocenters. The molecule has 2 aliphatic rings. The fourth-order valence-electron chi connectivity index (χ4n) is 2.78. The quantitative estimate of drug-likeness (QED) is 0.588. The first-order valence-corrected chi connectivity index (χ1v) is 5.90. The minimum absolute atomic E-state index is 0.0476. The van der Waals surface area contributed by atoms with Crippen molar-refractivity contribution in [3.8, 4) is 12.3 Å². The highest BCUT2D eigenvalue weighted by Gasteiger charge is 2.48. The third kappa shape index (κ3) is 1.89. The molecule has 1 saturated heterocycles. The van der Waals surface area contributed by atoms with Gasteiger partial charge in [-0.05, 0) is 46.0 Å². The van der Waals surface area contributed by atoms with Gasteiger partial charge in [0.15, 0.2) is 0 Å². The van der Waals surface area contributed by atoms with Crippen LogP contribution in [0.25, 0.3) is 0 Å². The normalized spacial score (nSPS) is 32.6. The van der Waals surface area contributed by atoms with E-state index in [2.05, 4.69) is 5.92 Å². The van der Waals surface area contributed by atoms with Gasteiger partial charge in [0.2, 0.25) is 0 Å². The fraction of sp³-hybridized carbons (Fsp3) is 0.769. The van der Waals surface area contributed by atoms with Gasteiger partial charge in [-0.2, -0.15) is 0 Å². The lowest BCUT2D eigenvalue weighted by atomic mass is 10.00. The first-order valence-electron chi connectivity index (χ1n) is 5.90. The Morgan fingerprint density at radius 1 is 1.44 bits per heavy atom. The first-order chi connectivity index (χ1) is 7.42. The molecule has 0 spiro atoms. The van der Waals surface area contributed by atoms with E-state index in [1.54, 1.807) is 4.90 Å². The Kier molecular flexibility index (Phi) is 2.61. The van der Waals surface area contributed by atoms with E-state index in [-0.39, 0.29) is 12.1 Å². The topological polar surface area (TPSA) is 29.5 Å². The molecule has 1 aliphatic heterocycles. The van der Waals surface area contributed by atoms with E-state index in [4.69, 9.17) is 11.2 Å². The molecule has 0 aromatic heterocycles. The molecule has 0 aromatic carbocycles. The molecule has 88 valence electrons. The van der Waals surface area contributed by atoms with Crippen molar-refractivity contribution >= 4 is 6.09 Å². The van der Waals surface area contributed by atoms with Gasteiger partial charge in [-0.15, -0.1) is 6.42 Å². The SMILES string of the molecule is C#CC1[C@H]2CC[C@H](C2)N1C(=O)OC(C)(C)C. The van der Waals surface area contributed by atoms with Gasteiger partial charge in [0.25, 0.3) is 0 Å². The van der Waals surface area contributed by atoms with Crippen LogP contribution in [0.1, 0.15) is 40.0 Å². The maximum absolute atomic E-state index is 12.0. The number of carbonyl (C=O) groups is 1. The fourth-order valence-corrected chi connectivity index (χ4v) is 2.78. The van der Waals surface area contributed by atoms with E-state index in [1.807, 2.05) is 20.8 Å². The predicted octanol–water partition coefficient (Wildman–Crippen LogP) is 2.41. The van der Waals surface area contributed by atoms with Gasteiger partial charge in [0.1, 0.15) is 5.60 Å². The van der Waals surface area contributed by atoms with E-state index >= 15 is 0 Å². The molecule has 2 bridgehead atoms. The van der Waals surface area contributed by atoms with Gasteiger partial charge in [0, 0.05) is 6.04 Å². The van der Waals surface area contributed by atoms with Crippen molar-refractivity contribution in [3.05, 3.63) is 0 Å². The van der Waals surface area contributed by atoms with Crippen molar-refractivity contribution in [2.45, 2.75) is 57.7 Å². The Morgan fingerprint density at radius 2 is 2.12 bits per heavy atom. The van der Waals surface area contributed by atoms with Gasteiger partial charge in [-0.25, -0.2) is 4.79 Å². The van der Waals surface area contributed by atoms with Gasteiger partial charge in [-0.3, -0.25) is 4.90 Å². The Bertz CT molecular complexity index is 337. The lowest BCUT2D eigenvalue weighted by Gasteiger charge is -2.33. The number of hydrogen-bond donors (Lipinski definition) is 0. The Balaban J connectivity index is 2.09. The highest BCUT2D eigenvalue weighted by atomic mass is 16.6. The molecule has 1 aliphatic carbocycles. The van der Waals surface area contributed by atoms with Crippen molar-refractivity contribution in [2.75, 3.05) is 0 Å². The molecule has 0 radical (unpaired) electrons. The summed E-state index contributed by atoms with van der Waals surface area (Å²) in [5.74, 6) is 3.23. The monoisotopic (exact) mass is 221 g/mol. The number of terminal acetylenes is 1. The number of nitrogens with zero attached hydrogens (tertiary/aromatic N) is 1. The van der Waals surface area contributed by atoms with Gasteiger partial charge < -0.3 is 4.74 Å². The summed E-state index contributed by atoms with van der Waals surface area (Å²) in [6, 6.07) is 0.259. The highest BCUT2D eigenvalue weighted by molar-refractivity contribution is 5.70. The van der Waals surface area contributed by atoms with Crippen LogP contribution in [0.5, 0.6) is 0 Å². The van der Waals surface area contributed by atoms with Crippen LogP contribution in [-0.4, -0.2) is 28.7 Å². The second-order valence-corrected chi connectivity index (χ2v) is 5.73. The minimum Gasteiger partial charge on any atom is -0.444 e. The zero-order valence-corrected chi connectivity index (χ0v) is 10.2. The van der Waals surface area contributed by atoms with Crippen molar-refractivity contribution in [1.29, 1.82) is 0 Å². The van der Waals surface area contributed by atoms with E-state index in [9.17, 15) is 4.79 Å². The molecular formula is C13H19NO2. The molecule has 2 rings (SSSR count). The molecule has 16 heavy (non-hydrogen) atoms. The van der Waals surface area contributed by atoms with Gasteiger partial charge in [0.05, 0.1) is 6.04 Å². The Morgan fingerprint density at radius 3 is 2.69 bits per heavy atom. The molecule has 1 saturated carbocycles. The smallest absolute Gasteiger partial charge is 0.411 e. The largest absolute Gasteiger partial charge is 0.444 e. The molecule has 0 N–H and O–H groups in total. The standard InChI is InChI=1S/C13H19NO2/c1-5-11-9-6-7-10(8-9)14(11)12(15)16-13(2,3)4/h1,9-11H,6-8H2,2-4H3/t9-,10+,11?/m0/s1. The van der Waals surface area contributed by atoms with E-state index in [0.29, 0.717) is 12.0 Å². The number of hydrogen-bond acceptors (Lipinski definition) is 2. The number of piperidine rings is 1. The van der Waals surface area contributed by atoms with Crippen LogP contribution in [0.3, 0.4) is 0 Å². The van der Waals surface area contributed by atoms with Crippen molar-refractivity contribution in [2.24, 2.45) is 5.92 Å². The summed E-state index contributed by atoms with van der Waals surface area (Å²) in [6.07, 6.45) is 8.54. The molecule has 1 heterocycles. The zero-order chi connectivity index (χ0) is 11.9. The van der Waals surface area contributed by atoms with Gasteiger partial charge >= 0.3 is 6.09 Å². The van der Waals surface area contributed by atoms with Crippen molar-refractivity contribution in [3.63, 3.8) is 0 Å². The third-order valence-electron chi connectivity index (χ3n) is 3.36. The molecule has 2 fully saturated rings. The lowest BCUT2D eigenvalue weighted by Crippen LogP contribution is -2.46. The van der Waals surface area contributed by atoms with Crippen LogP contribution in [0.15, 0.2) is 0 Å². The third-order valence-corrected chi connectivity index (χ3v) is 3.36. The summed E-state index contributed by atoms with van der Waals surface area (Å²) in [7, 11) is 0. The maximum Gasteiger partial charge on any atom is 0.411 e. The molecule has 3 heteroatoms. The first kappa shape index (κ1) is 11.3. The molecule has 1 amide bonds. The van der Waals surface area contributed by atoms with E-state index in [0.717, 1.165) is 19.3 Å². The number of ether oxygens (including phenoxy) is 1. The highest BCUT2D eigenvalue weighted by Crippen LogP contribution is 2.42. The van der Waals surface area contributed by atoms with Crippen molar-refractivity contribution < 1.29 is 9.53 Å². The summed E-state index contributed by atoms with van der Waals surface area (Å²) in [5.41, 5.74) is -0.446. The molecule has 0 aromatic rings. The van der Waals surface area contributed by atoms with Crippen LogP contribution in [0.4, 0.5) is 4.79 Å².